The number of carbonyl (C=O) groups excluding carboxylic acids is 2. The van der Waals surface area contributed by atoms with Crippen molar-refractivity contribution in [1.82, 2.24) is 4.98 Å². The second kappa shape index (κ2) is 9.39. The first-order chi connectivity index (χ1) is 16.3. The van der Waals surface area contributed by atoms with Gasteiger partial charge in [0, 0.05) is 18.0 Å². The minimum atomic E-state index is -0.939. The van der Waals surface area contributed by atoms with Crippen molar-refractivity contribution in [1.29, 1.82) is 0 Å². The van der Waals surface area contributed by atoms with Gasteiger partial charge in [0.25, 0.3) is 11.7 Å². The van der Waals surface area contributed by atoms with Gasteiger partial charge < -0.3 is 14.9 Å². The molecule has 174 valence electrons. The first-order valence-corrected chi connectivity index (χ1v) is 11.1. The van der Waals surface area contributed by atoms with Crippen LogP contribution < -0.4 is 9.64 Å². The second-order valence-electron chi connectivity index (χ2n) is 8.28. The van der Waals surface area contributed by atoms with E-state index in [0.717, 1.165) is 5.56 Å². The lowest BCUT2D eigenvalue weighted by Crippen LogP contribution is -2.29. The third-order valence-electron chi connectivity index (χ3n) is 5.81. The number of ether oxygens (including phenoxy) is 1. The molecule has 4 rings (SSSR count). The summed E-state index contributed by atoms with van der Waals surface area (Å²) in [7, 11) is 0. The maximum Gasteiger partial charge on any atom is 0.300 e. The van der Waals surface area contributed by atoms with E-state index in [2.05, 4.69) is 4.98 Å². The lowest BCUT2D eigenvalue weighted by Gasteiger charge is -2.26. The predicted octanol–water partition coefficient (Wildman–Crippen LogP) is 4.94. The molecule has 3 aromatic rings. The highest BCUT2D eigenvalue weighted by atomic mass is 16.5. The molecule has 0 saturated carbocycles. The van der Waals surface area contributed by atoms with Crippen LogP contribution in [-0.2, 0) is 9.59 Å². The molecule has 2 heterocycles. The van der Waals surface area contributed by atoms with Crippen molar-refractivity contribution >= 4 is 23.1 Å². The fraction of sp³-hybridized carbons (Fsp3) is 0.222. The number of aliphatic hydroxyl groups is 1. The van der Waals surface area contributed by atoms with Crippen molar-refractivity contribution in [3.63, 3.8) is 0 Å². The maximum atomic E-state index is 13.3. The Morgan fingerprint density at radius 2 is 1.79 bits per heavy atom. The Morgan fingerprint density at radius 1 is 1.09 bits per heavy atom. The van der Waals surface area contributed by atoms with Gasteiger partial charge in [-0.2, -0.15) is 0 Å². The molecule has 1 aliphatic heterocycles. The Morgan fingerprint density at radius 3 is 2.44 bits per heavy atom. The summed E-state index contributed by atoms with van der Waals surface area (Å²) >= 11 is 0. The largest absolute Gasteiger partial charge is 0.507 e. The minimum Gasteiger partial charge on any atom is -0.507 e. The summed E-state index contributed by atoms with van der Waals surface area (Å²) < 4.78 is 5.71. The molecular formula is C27H26N2O5. The summed E-state index contributed by atoms with van der Waals surface area (Å²) in [6, 6.07) is 13.9. The number of aromatic hydroxyl groups is 1. The monoisotopic (exact) mass is 458 g/mol. The molecule has 0 bridgehead atoms. The van der Waals surface area contributed by atoms with Gasteiger partial charge in [-0.3, -0.25) is 19.5 Å². The van der Waals surface area contributed by atoms with Crippen molar-refractivity contribution in [3.8, 4) is 11.5 Å². The van der Waals surface area contributed by atoms with Crippen LogP contribution in [0.25, 0.3) is 5.76 Å². The van der Waals surface area contributed by atoms with Gasteiger partial charge in [0.2, 0.25) is 0 Å². The zero-order chi connectivity index (χ0) is 24.4. The maximum absolute atomic E-state index is 13.3. The number of nitrogens with zero attached hydrogens (tertiary/aromatic N) is 2. The molecule has 7 heteroatoms. The molecule has 1 aromatic heterocycles. The zero-order valence-electron chi connectivity index (χ0n) is 19.2. The molecule has 1 amide bonds. The molecule has 7 nitrogen and oxygen atoms in total. The van der Waals surface area contributed by atoms with Crippen molar-refractivity contribution in [2.24, 2.45) is 0 Å². The van der Waals surface area contributed by atoms with Crippen LogP contribution in [0.2, 0.25) is 0 Å². The molecule has 1 saturated heterocycles. The Hall–Kier alpha value is -4.13. The summed E-state index contributed by atoms with van der Waals surface area (Å²) in [6.07, 6.45) is 3.10. The van der Waals surface area contributed by atoms with Crippen LogP contribution >= 0.6 is 0 Å². The standard InChI is InChI=1S/C27H26N2O5/c1-4-34-22-10-9-18(15-19(22)16(2)3)25(31)23-24(17-11-13-28-14-12-17)29(27(33)26(23)32)20-7-5-6-8-21(20)30/h5-16,24,30-31H,4H2,1-3H3/b25-23-. The molecule has 0 aliphatic carbocycles. The number of phenols is 1. The summed E-state index contributed by atoms with van der Waals surface area (Å²) in [5, 5.41) is 21.8. The number of anilines is 1. The first-order valence-electron chi connectivity index (χ1n) is 11.1. The van der Waals surface area contributed by atoms with Crippen LogP contribution in [-0.4, -0.2) is 33.5 Å². The van der Waals surface area contributed by atoms with Crippen LogP contribution in [0.15, 0.2) is 72.6 Å². The third-order valence-corrected chi connectivity index (χ3v) is 5.81. The van der Waals surface area contributed by atoms with E-state index < -0.39 is 17.7 Å². The number of carbonyl (C=O) groups is 2. The molecule has 1 fully saturated rings. The topological polar surface area (TPSA) is 100.0 Å². The van der Waals surface area contributed by atoms with Gasteiger partial charge >= 0.3 is 0 Å². The zero-order valence-corrected chi connectivity index (χ0v) is 19.2. The lowest BCUT2D eigenvalue weighted by atomic mass is 9.93. The van der Waals surface area contributed by atoms with Crippen LogP contribution in [0.4, 0.5) is 5.69 Å². The Labute approximate surface area is 198 Å². The smallest absolute Gasteiger partial charge is 0.300 e. The van der Waals surface area contributed by atoms with Crippen molar-refractivity contribution in [3.05, 3.63) is 89.3 Å². The minimum absolute atomic E-state index is 0.0571. The van der Waals surface area contributed by atoms with Crippen LogP contribution in [0, 0.1) is 0 Å². The number of aliphatic hydroxyl groups excluding tert-OH is 1. The highest BCUT2D eigenvalue weighted by Crippen LogP contribution is 2.44. The van der Waals surface area contributed by atoms with E-state index in [1.807, 2.05) is 20.8 Å². The van der Waals surface area contributed by atoms with E-state index in [9.17, 15) is 19.8 Å². The Bertz CT molecular complexity index is 1270. The molecule has 2 N–H and O–H groups in total. The average Bonchev–Trinajstić information content (AvgIpc) is 3.10. The van der Waals surface area contributed by atoms with Gasteiger partial charge in [0.1, 0.15) is 17.3 Å². The number of ketones is 1. The number of rotatable bonds is 6. The molecule has 0 spiro atoms. The normalized spacial score (nSPS) is 17.4. The van der Waals surface area contributed by atoms with Crippen LogP contribution in [0.3, 0.4) is 0 Å². The molecule has 2 aromatic carbocycles. The van der Waals surface area contributed by atoms with E-state index in [1.54, 1.807) is 60.9 Å². The highest BCUT2D eigenvalue weighted by molar-refractivity contribution is 6.51. The second-order valence-corrected chi connectivity index (χ2v) is 8.28. The predicted molar refractivity (Wildman–Crippen MR) is 129 cm³/mol. The number of hydrogen-bond acceptors (Lipinski definition) is 6. The number of benzene rings is 2. The number of hydrogen-bond donors (Lipinski definition) is 2. The summed E-state index contributed by atoms with van der Waals surface area (Å²) in [5.74, 6) is -1.29. The van der Waals surface area contributed by atoms with Crippen molar-refractivity contribution in [2.45, 2.75) is 32.7 Å². The number of amides is 1. The van der Waals surface area contributed by atoms with Gasteiger partial charge in [-0.25, -0.2) is 0 Å². The van der Waals surface area contributed by atoms with E-state index in [4.69, 9.17) is 4.74 Å². The fourth-order valence-electron chi connectivity index (χ4n) is 4.20. The van der Waals surface area contributed by atoms with Gasteiger partial charge in [-0.15, -0.1) is 0 Å². The number of Topliss-reactive ketones (excluding diaryl/α,β-unsaturated/α-hetero) is 1. The van der Waals surface area contributed by atoms with Gasteiger partial charge in [-0.05, 0) is 66.4 Å². The van der Waals surface area contributed by atoms with Gasteiger partial charge in [0.05, 0.1) is 23.9 Å². The number of pyridine rings is 1. The molecule has 1 atom stereocenters. The number of para-hydroxylation sites is 2. The number of aromatic nitrogens is 1. The van der Waals surface area contributed by atoms with E-state index in [-0.39, 0.29) is 28.7 Å². The molecule has 1 unspecified atom stereocenters. The quantitative estimate of drug-likeness (QED) is 0.308. The summed E-state index contributed by atoms with van der Waals surface area (Å²) in [4.78, 5) is 31.7. The molecule has 0 radical (unpaired) electrons. The van der Waals surface area contributed by atoms with Crippen molar-refractivity contribution in [2.75, 3.05) is 11.5 Å². The van der Waals surface area contributed by atoms with Gasteiger partial charge in [0.15, 0.2) is 0 Å². The highest BCUT2D eigenvalue weighted by Gasteiger charge is 2.47. The lowest BCUT2D eigenvalue weighted by molar-refractivity contribution is -0.132. The first kappa shape index (κ1) is 23.0. The van der Waals surface area contributed by atoms with Crippen LogP contribution in [0.5, 0.6) is 11.5 Å². The van der Waals surface area contributed by atoms with Crippen LogP contribution in [0.1, 0.15) is 49.4 Å². The summed E-state index contributed by atoms with van der Waals surface area (Å²) in [6.45, 7) is 6.41. The Balaban J connectivity index is 1.93. The molecular weight excluding hydrogens is 432 g/mol. The van der Waals surface area contributed by atoms with E-state index in [0.29, 0.717) is 23.5 Å². The summed E-state index contributed by atoms with van der Waals surface area (Å²) in [5.41, 5.74) is 1.98. The SMILES string of the molecule is CCOc1ccc(/C(O)=C2/C(=O)C(=O)N(c3ccccc3O)C2c2ccncc2)cc1C(C)C. The van der Waals surface area contributed by atoms with Gasteiger partial charge in [-0.1, -0.05) is 26.0 Å². The average molecular weight is 459 g/mol. The Kier molecular flexibility index (Phi) is 6.36. The molecule has 34 heavy (non-hydrogen) atoms. The van der Waals surface area contributed by atoms with Crippen molar-refractivity contribution < 1.29 is 24.5 Å². The molecule has 1 aliphatic rings. The van der Waals surface area contributed by atoms with E-state index >= 15 is 0 Å². The number of phenolic OH excluding ortho intramolecular Hbond substituents is 1. The third kappa shape index (κ3) is 4.01. The fourth-order valence-corrected chi connectivity index (χ4v) is 4.20. The van der Waals surface area contributed by atoms with E-state index in [1.165, 1.54) is 11.0 Å².